The summed E-state index contributed by atoms with van der Waals surface area (Å²) in [5, 5.41) is 4.64. The van der Waals surface area contributed by atoms with Crippen LogP contribution in [0.4, 0.5) is 11.5 Å². The molecule has 3 rings (SSSR count). The number of aromatic nitrogens is 1. The standard InChI is InChI=1S/C16H17ClN4S/c17-13-5-1-2-6-14(13)19-16(22)21-11-9-20(10-12-21)15-7-3-4-8-18-15/h1-8H,9-12H2,(H,19,22)/p+1. The maximum Gasteiger partial charge on any atom is 0.274 e. The second-order valence-corrected chi connectivity index (χ2v) is 5.93. The van der Waals surface area contributed by atoms with Crippen molar-refractivity contribution in [2.45, 2.75) is 0 Å². The zero-order chi connectivity index (χ0) is 15.4. The molecule has 0 atom stereocenters. The maximum absolute atomic E-state index is 6.16. The van der Waals surface area contributed by atoms with Gasteiger partial charge in [0.2, 0.25) is 0 Å². The quantitative estimate of drug-likeness (QED) is 0.857. The molecule has 0 aliphatic carbocycles. The molecule has 0 amide bonds. The fourth-order valence-corrected chi connectivity index (χ4v) is 2.96. The molecule has 1 aromatic carbocycles. The summed E-state index contributed by atoms with van der Waals surface area (Å²) < 4.78 is 0. The van der Waals surface area contributed by atoms with E-state index in [0.29, 0.717) is 5.02 Å². The summed E-state index contributed by atoms with van der Waals surface area (Å²) >= 11 is 11.7. The predicted octanol–water partition coefficient (Wildman–Crippen LogP) is 2.67. The number of thiocarbonyl (C=S) groups is 1. The molecule has 0 bridgehead atoms. The Morgan fingerprint density at radius 2 is 1.77 bits per heavy atom. The van der Waals surface area contributed by atoms with Crippen molar-refractivity contribution in [3.05, 3.63) is 53.7 Å². The van der Waals surface area contributed by atoms with E-state index in [-0.39, 0.29) is 0 Å². The van der Waals surface area contributed by atoms with Crippen molar-refractivity contribution >= 4 is 40.4 Å². The lowest BCUT2D eigenvalue weighted by Gasteiger charge is -2.32. The van der Waals surface area contributed by atoms with E-state index in [4.69, 9.17) is 23.8 Å². The zero-order valence-corrected chi connectivity index (χ0v) is 13.7. The Kier molecular flexibility index (Phi) is 4.75. The van der Waals surface area contributed by atoms with E-state index < -0.39 is 0 Å². The predicted molar refractivity (Wildman–Crippen MR) is 94.5 cm³/mol. The molecule has 1 aliphatic rings. The first-order chi connectivity index (χ1) is 10.7. The number of aromatic amines is 1. The van der Waals surface area contributed by atoms with Gasteiger partial charge in [-0.1, -0.05) is 29.8 Å². The molecule has 6 heteroatoms. The topological polar surface area (TPSA) is 32.6 Å². The van der Waals surface area contributed by atoms with Gasteiger partial charge in [0.05, 0.1) is 30.0 Å². The Labute approximate surface area is 140 Å². The highest BCUT2D eigenvalue weighted by Gasteiger charge is 2.24. The van der Waals surface area contributed by atoms with E-state index in [0.717, 1.165) is 42.8 Å². The lowest BCUT2D eigenvalue weighted by Crippen LogP contribution is -2.51. The molecule has 1 fully saturated rings. The molecule has 2 heterocycles. The second kappa shape index (κ2) is 6.94. The van der Waals surface area contributed by atoms with Crippen molar-refractivity contribution < 1.29 is 4.98 Å². The van der Waals surface area contributed by atoms with Crippen molar-refractivity contribution in [2.24, 2.45) is 0 Å². The molecule has 22 heavy (non-hydrogen) atoms. The van der Waals surface area contributed by atoms with Gasteiger partial charge in [-0.2, -0.15) is 0 Å². The molecule has 1 saturated heterocycles. The van der Waals surface area contributed by atoms with Crippen LogP contribution in [0.3, 0.4) is 0 Å². The summed E-state index contributed by atoms with van der Waals surface area (Å²) in [6.45, 7) is 3.65. The van der Waals surface area contributed by atoms with Crippen LogP contribution in [0.1, 0.15) is 0 Å². The van der Waals surface area contributed by atoms with Gasteiger partial charge in [0.15, 0.2) is 5.11 Å². The summed E-state index contributed by atoms with van der Waals surface area (Å²) in [6.07, 6.45) is 1.95. The number of pyridine rings is 1. The Morgan fingerprint density at radius 1 is 1.05 bits per heavy atom. The van der Waals surface area contributed by atoms with E-state index in [9.17, 15) is 0 Å². The highest BCUT2D eigenvalue weighted by atomic mass is 35.5. The lowest BCUT2D eigenvalue weighted by molar-refractivity contribution is -0.364. The van der Waals surface area contributed by atoms with E-state index in [1.54, 1.807) is 0 Å². The van der Waals surface area contributed by atoms with Crippen LogP contribution in [0.2, 0.25) is 5.02 Å². The number of halogens is 1. The number of para-hydroxylation sites is 1. The third-order valence-electron chi connectivity index (χ3n) is 3.72. The van der Waals surface area contributed by atoms with Crippen LogP contribution in [-0.4, -0.2) is 36.2 Å². The number of hydrogen-bond acceptors (Lipinski definition) is 2. The van der Waals surface area contributed by atoms with Gasteiger partial charge >= 0.3 is 0 Å². The average molecular weight is 334 g/mol. The smallest absolute Gasteiger partial charge is 0.274 e. The van der Waals surface area contributed by atoms with E-state index in [2.05, 4.69) is 26.2 Å². The van der Waals surface area contributed by atoms with Crippen molar-refractivity contribution in [1.82, 2.24) is 4.90 Å². The zero-order valence-electron chi connectivity index (χ0n) is 12.1. The molecular formula is C16H18ClN4S+. The Balaban J connectivity index is 1.57. The van der Waals surface area contributed by atoms with Gasteiger partial charge in [-0.15, -0.1) is 0 Å². The van der Waals surface area contributed by atoms with Crippen molar-refractivity contribution in [3.8, 4) is 0 Å². The van der Waals surface area contributed by atoms with Crippen LogP contribution >= 0.6 is 23.8 Å². The Morgan fingerprint density at radius 3 is 2.45 bits per heavy atom. The van der Waals surface area contributed by atoms with Crippen LogP contribution in [-0.2, 0) is 0 Å². The second-order valence-electron chi connectivity index (χ2n) is 5.13. The molecule has 114 valence electrons. The van der Waals surface area contributed by atoms with Gasteiger partial charge in [-0.25, -0.2) is 4.98 Å². The monoisotopic (exact) mass is 333 g/mol. The molecular weight excluding hydrogens is 316 g/mol. The molecule has 0 unspecified atom stereocenters. The van der Waals surface area contributed by atoms with Crippen LogP contribution in [0.15, 0.2) is 48.7 Å². The number of benzene rings is 1. The van der Waals surface area contributed by atoms with Gasteiger partial charge < -0.3 is 10.2 Å². The molecule has 1 aliphatic heterocycles. The van der Waals surface area contributed by atoms with Crippen LogP contribution in [0.25, 0.3) is 0 Å². The normalized spacial score (nSPS) is 14.8. The fourth-order valence-electron chi connectivity index (χ4n) is 2.49. The number of hydrogen-bond donors (Lipinski definition) is 1. The first-order valence-electron chi connectivity index (χ1n) is 7.26. The molecule has 1 aromatic heterocycles. The number of anilines is 2. The third kappa shape index (κ3) is 3.48. The average Bonchev–Trinajstić information content (AvgIpc) is 2.58. The van der Waals surface area contributed by atoms with Gasteiger partial charge in [0.1, 0.15) is 13.1 Å². The molecule has 0 saturated carbocycles. The Hall–Kier alpha value is -1.85. The van der Waals surface area contributed by atoms with E-state index >= 15 is 0 Å². The molecule has 4 nitrogen and oxygen atoms in total. The number of piperazine rings is 1. The van der Waals surface area contributed by atoms with Crippen LogP contribution < -0.4 is 15.2 Å². The minimum atomic E-state index is 0.683. The lowest BCUT2D eigenvalue weighted by atomic mass is 10.3. The summed E-state index contributed by atoms with van der Waals surface area (Å²) in [4.78, 5) is 7.78. The van der Waals surface area contributed by atoms with E-state index in [1.807, 2.05) is 42.6 Å². The summed E-state index contributed by atoms with van der Waals surface area (Å²) in [5.74, 6) is 1.15. The highest BCUT2D eigenvalue weighted by Crippen LogP contribution is 2.21. The first kappa shape index (κ1) is 15.1. The maximum atomic E-state index is 6.16. The fraction of sp³-hybridized carbons (Fsp3) is 0.250. The van der Waals surface area contributed by atoms with Crippen molar-refractivity contribution in [1.29, 1.82) is 0 Å². The van der Waals surface area contributed by atoms with Gasteiger partial charge in [0, 0.05) is 6.07 Å². The van der Waals surface area contributed by atoms with Gasteiger partial charge in [-0.3, -0.25) is 4.90 Å². The minimum Gasteiger partial charge on any atom is -0.341 e. The van der Waals surface area contributed by atoms with Gasteiger partial charge in [0.25, 0.3) is 5.82 Å². The first-order valence-corrected chi connectivity index (χ1v) is 8.05. The largest absolute Gasteiger partial charge is 0.341 e. The van der Waals surface area contributed by atoms with Crippen LogP contribution in [0.5, 0.6) is 0 Å². The van der Waals surface area contributed by atoms with Crippen LogP contribution in [0, 0.1) is 0 Å². The summed E-state index contributed by atoms with van der Waals surface area (Å²) in [6, 6.07) is 13.8. The number of rotatable bonds is 2. The number of H-pyrrole nitrogens is 1. The number of nitrogens with one attached hydrogen (secondary N) is 2. The van der Waals surface area contributed by atoms with Gasteiger partial charge in [-0.05, 0) is 30.4 Å². The molecule has 0 spiro atoms. The summed E-state index contributed by atoms with van der Waals surface area (Å²) in [7, 11) is 0. The molecule has 0 radical (unpaired) electrons. The highest BCUT2D eigenvalue weighted by molar-refractivity contribution is 7.80. The van der Waals surface area contributed by atoms with E-state index in [1.165, 1.54) is 0 Å². The van der Waals surface area contributed by atoms with Crippen molar-refractivity contribution in [2.75, 3.05) is 36.4 Å². The molecule has 2 aromatic rings. The minimum absolute atomic E-state index is 0.683. The SMILES string of the molecule is S=C(Nc1ccccc1Cl)N1CCN(c2cccc[nH+]2)CC1. The summed E-state index contributed by atoms with van der Waals surface area (Å²) in [5.41, 5.74) is 0.855. The molecule has 2 N–H and O–H groups in total. The third-order valence-corrected chi connectivity index (χ3v) is 4.41. The van der Waals surface area contributed by atoms with Crippen molar-refractivity contribution in [3.63, 3.8) is 0 Å². The number of nitrogens with zero attached hydrogens (tertiary/aromatic N) is 2. The Bertz CT molecular complexity index is 642.